The monoisotopic (exact) mass is 288 g/mol. The number of aromatic amines is 1. The Hall–Kier alpha value is -2.08. The molecule has 0 unspecified atom stereocenters. The lowest BCUT2D eigenvalue weighted by Crippen LogP contribution is -2.36. The van der Waals surface area contributed by atoms with Crippen LogP contribution in [0.4, 0.5) is 0 Å². The maximum absolute atomic E-state index is 12.3. The normalized spacial score (nSPS) is 18.5. The highest BCUT2D eigenvalue weighted by Gasteiger charge is 2.18. The van der Waals surface area contributed by atoms with E-state index in [4.69, 9.17) is 0 Å². The van der Waals surface area contributed by atoms with Crippen LogP contribution in [0.25, 0.3) is 11.0 Å². The molecule has 21 heavy (non-hydrogen) atoms. The van der Waals surface area contributed by atoms with Gasteiger partial charge in [-0.1, -0.05) is 0 Å². The average Bonchev–Trinajstić information content (AvgIpc) is 3.03. The molecular weight excluding hydrogens is 268 g/mol. The van der Waals surface area contributed by atoms with E-state index in [-0.39, 0.29) is 23.7 Å². The highest BCUT2D eigenvalue weighted by Crippen LogP contribution is 2.16. The highest BCUT2D eigenvalue weighted by atomic mass is 16.2. The van der Waals surface area contributed by atoms with Crippen molar-refractivity contribution < 1.29 is 4.79 Å². The van der Waals surface area contributed by atoms with Crippen LogP contribution in [0.1, 0.15) is 36.7 Å². The molecule has 2 heterocycles. The molecule has 0 radical (unpaired) electrons. The van der Waals surface area contributed by atoms with Gasteiger partial charge in [-0.3, -0.25) is 9.36 Å². The van der Waals surface area contributed by atoms with Crippen LogP contribution in [-0.2, 0) is 0 Å². The largest absolute Gasteiger partial charge is 0.348 e. The summed E-state index contributed by atoms with van der Waals surface area (Å²) in [6.45, 7) is 5.65. The fourth-order valence-corrected chi connectivity index (χ4v) is 2.82. The molecule has 3 N–H and O–H groups in total. The van der Waals surface area contributed by atoms with Crippen molar-refractivity contribution in [1.29, 1.82) is 0 Å². The van der Waals surface area contributed by atoms with Crippen LogP contribution in [0.5, 0.6) is 0 Å². The van der Waals surface area contributed by atoms with Gasteiger partial charge >= 0.3 is 5.69 Å². The third-order valence-electron chi connectivity index (χ3n) is 3.89. The zero-order chi connectivity index (χ0) is 15.0. The van der Waals surface area contributed by atoms with Gasteiger partial charge in [-0.25, -0.2) is 4.79 Å². The lowest BCUT2D eigenvalue weighted by Gasteiger charge is -2.12. The molecule has 1 aromatic carbocycles. The molecule has 0 saturated carbocycles. The molecule has 1 aliphatic heterocycles. The number of hydrogen-bond donors (Lipinski definition) is 3. The first-order chi connectivity index (χ1) is 10.1. The molecule has 1 aliphatic rings. The number of benzene rings is 1. The molecule has 112 valence electrons. The van der Waals surface area contributed by atoms with E-state index in [2.05, 4.69) is 15.6 Å². The standard InChI is InChI=1S/C15H20N4O2/c1-9(2)19-13-7-10(3-4-12(13)18-15(19)21)14(20)17-11-5-6-16-8-11/h3-4,7,9,11,16H,5-6,8H2,1-2H3,(H,17,20)(H,18,21)/t11-/m0/s1. The molecule has 0 bridgehead atoms. The molecule has 1 atom stereocenters. The van der Waals surface area contributed by atoms with Crippen molar-refractivity contribution in [2.24, 2.45) is 0 Å². The Morgan fingerprint density at radius 3 is 2.90 bits per heavy atom. The molecule has 0 aliphatic carbocycles. The number of hydrogen-bond acceptors (Lipinski definition) is 3. The molecule has 1 fully saturated rings. The van der Waals surface area contributed by atoms with Gasteiger partial charge in [0.25, 0.3) is 5.91 Å². The summed E-state index contributed by atoms with van der Waals surface area (Å²) in [6, 6.07) is 5.55. The predicted octanol–water partition coefficient (Wildman–Crippen LogP) is 1.00. The summed E-state index contributed by atoms with van der Waals surface area (Å²) in [5.74, 6) is -0.0884. The van der Waals surface area contributed by atoms with E-state index >= 15 is 0 Å². The van der Waals surface area contributed by atoms with Crippen molar-refractivity contribution in [2.45, 2.75) is 32.4 Å². The summed E-state index contributed by atoms with van der Waals surface area (Å²) in [4.78, 5) is 27.0. The average molecular weight is 288 g/mol. The van der Waals surface area contributed by atoms with Gasteiger partial charge in [0.2, 0.25) is 0 Å². The van der Waals surface area contributed by atoms with Crippen molar-refractivity contribution >= 4 is 16.9 Å². The molecule has 1 aromatic heterocycles. The van der Waals surface area contributed by atoms with E-state index in [1.54, 1.807) is 22.8 Å². The van der Waals surface area contributed by atoms with Crippen LogP contribution in [0.3, 0.4) is 0 Å². The van der Waals surface area contributed by atoms with E-state index in [9.17, 15) is 9.59 Å². The Labute approximate surface area is 122 Å². The second kappa shape index (κ2) is 5.37. The number of nitrogens with one attached hydrogen (secondary N) is 3. The summed E-state index contributed by atoms with van der Waals surface area (Å²) in [7, 11) is 0. The summed E-state index contributed by atoms with van der Waals surface area (Å²) < 4.78 is 1.67. The third kappa shape index (κ3) is 2.58. The van der Waals surface area contributed by atoms with E-state index in [0.29, 0.717) is 5.56 Å². The van der Waals surface area contributed by atoms with Gasteiger partial charge in [-0.15, -0.1) is 0 Å². The first-order valence-electron chi connectivity index (χ1n) is 7.32. The van der Waals surface area contributed by atoms with E-state index < -0.39 is 0 Å². The maximum atomic E-state index is 12.3. The minimum atomic E-state index is -0.141. The number of aromatic nitrogens is 2. The quantitative estimate of drug-likeness (QED) is 0.788. The van der Waals surface area contributed by atoms with Crippen molar-refractivity contribution in [3.63, 3.8) is 0 Å². The van der Waals surface area contributed by atoms with Crippen LogP contribution < -0.4 is 16.3 Å². The molecule has 6 heteroatoms. The minimum absolute atomic E-state index is 0.0450. The number of H-pyrrole nitrogens is 1. The van der Waals surface area contributed by atoms with Crippen LogP contribution in [0, 0.1) is 0 Å². The third-order valence-corrected chi connectivity index (χ3v) is 3.89. The zero-order valence-electron chi connectivity index (χ0n) is 12.3. The summed E-state index contributed by atoms with van der Waals surface area (Å²) in [6.07, 6.45) is 0.953. The first kappa shape index (κ1) is 13.9. The summed E-state index contributed by atoms with van der Waals surface area (Å²) in [5, 5.41) is 6.24. The number of nitrogens with zero attached hydrogens (tertiary/aromatic N) is 1. The van der Waals surface area contributed by atoms with Crippen LogP contribution in [0.15, 0.2) is 23.0 Å². The van der Waals surface area contributed by atoms with E-state index in [1.165, 1.54) is 0 Å². The molecule has 6 nitrogen and oxygen atoms in total. The summed E-state index contributed by atoms with van der Waals surface area (Å²) >= 11 is 0. The highest BCUT2D eigenvalue weighted by molar-refractivity contribution is 5.97. The molecule has 1 amide bonds. The van der Waals surface area contributed by atoms with Gasteiger partial charge < -0.3 is 15.6 Å². The van der Waals surface area contributed by atoms with Gasteiger partial charge in [0.15, 0.2) is 0 Å². The number of rotatable bonds is 3. The Bertz CT molecular complexity index is 723. The molecule has 3 rings (SSSR count). The van der Waals surface area contributed by atoms with Gasteiger partial charge in [0, 0.05) is 24.2 Å². The Morgan fingerprint density at radius 1 is 1.43 bits per heavy atom. The Balaban J connectivity index is 1.94. The fourth-order valence-electron chi connectivity index (χ4n) is 2.82. The molecule has 0 spiro atoms. The summed E-state index contributed by atoms with van der Waals surface area (Å²) in [5.41, 5.74) is 1.97. The van der Waals surface area contributed by atoms with Gasteiger partial charge in [0.05, 0.1) is 11.0 Å². The van der Waals surface area contributed by atoms with Crippen LogP contribution >= 0.6 is 0 Å². The molecular formula is C15H20N4O2. The molecule has 2 aromatic rings. The van der Waals surface area contributed by atoms with Crippen molar-refractivity contribution in [1.82, 2.24) is 20.2 Å². The molecule has 1 saturated heterocycles. The Morgan fingerprint density at radius 2 is 2.24 bits per heavy atom. The maximum Gasteiger partial charge on any atom is 0.326 e. The van der Waals surface area contributed by atoms with Gasteiger partial charge in [0.1, 0.15) is 0 Å². The van der Waals surface area contributed by atoms with Gasteiger partial charge in [-0.2, -0.15) is 0 Å². The number of carbonyl (C=O) groups excluding carboxylic acids is 1. The lowest BCUT2D eigenvalue weighted by atomic mass is 10.1. The smallest absolute Gasteiger partial charge is 0.326 e. The Kier molecular flexibility index (Phi) is 3.55. The lowest BCUT2D eigenvalue weighted by molar-refractivity contribution is 0.0940. The van der Waals surface area contributed by atoms with Gasteiger partial charge in [-0.05, 0) is 45.0 Å². The van der Waals surface area contributed by atoms with E-state index in [1.807, 2.05) is 13.8 Å². The second-order valence-electron chi connectivity index (χ2n) is 5.79. The topological polar surface area (TPSA) is 78.9 Å². The van der Waals surface area contributed by atoms with Crippen LogP contribution in [0.2, 0.25) is 0 Å². The number of amides is 1. The number of imidazole rings is 1. The second-order valence-corrected chi connectivity index (χ2v) is 5.79. The van der Waals surface area contributed by atoms with Crippen molar-refractivity contribution in [2.75, 3.05) is 13.1 Å². The zero-order valence-corrected chi connectivity index (χ0v) is 12.3. The van der Waals surface area contributed by atoms with E-state index in [0.717, 1.165) is 30.5 Å². The number of carbonyl (C=O) groups is 1. The van der Waals surface area contributed by atoms with Crippen molar-refractivity contribution in [3.05, 3.63) is 34.2 Å². The first-order valence-corrected chi connectivity index (χ1v) is 7.32. The predicted molar refractivity (Wildman–Crippen MR) is 81.7 cm³/mol. The van der Waals surface area contributed by atoms with Crippen LogP contribution in [-0.4, -0.2) is 34.6 Å². The number of fused-ring (bicyclic) bond motifs is 1. The SMILES string of the molecule is CC(C)n1c(=O)[nH]c2ccc(C(=O)N[C@H]3CCNC3)cc21. The fraction of sp³-hybridized carbons (Fsp3) is 0.467. The van der Waals surface area contributed by atoms with Crippen molar-refractivity contribution in [3.8, 4) is 0 Å². The minimum Gasteiger partial charge on any atom is -0.348 e.